The largest absolute Gasteiger partial charge is 0.494 e. The first-order valence-corrected chi connectivity index (χ1v) is 13.4. The quantitative estimate of drug-likeness (QED) is 0.313. The van der Waals surface area contributed by atoms with Gasteiger partial charge in [0.1, 0.15) is 5.75 Å². The monoisotopic (exact) mass is 494 g/mol. The van der Waals surface area contributed by atoms with Gasteiger partial charge in [0, 0.05) is 5.56 Å². The Balaban J connectivity index is 1.77. The highest BCUT2D eigenvalue weighted by Gasteiger charge is 2.25. The first-order valence-electron chi connectivity index (χ1n) is 11.0. The van der Waals surface area contributed by atoms with E-state index in [9.17, 15) is 13.2 Å². The molecule has 6 nitrogen and oxygen atoms in total. The smallest absolute Gasteiger partial charge is 0.260 e. The van der Waals surface area contributed by atoms with Crippen molar-refractivity contribution in [3.05, 3.63) is 83.9 Å². The molecule has 0 radical (unpaired) electrons. The molecule has 0 spiro atoms. The van der Waals surface area contributed by atoms with Crippen LogP contribution in [0.5, 0.6) is 5.75 Å². The molecular weight excluding hydrogens is 468 g/mol. The third kappa shape index (κ3) is 4.98. The van der Waals surface area contributed by atoms with E-state index in [2.05, 4.69) is 0 Å². The molecule has 4 aromatic rings. The molecule has 176 valence electrons. The number of nitrogens with zero attached hydrogens (tertiary/aromatic N) is 2. The number of aromatic nitrogens is 1. The molecule has 34 heavy (non-hydrogen) atoms. The van der Waals surface area contributed by atoms with Gasteiger partial charge in [-0.05, 0) is 62.7 Å². The molecule has 8 heteroatoms. The number of fused-ring (bicyclic) bond motifs is 1. The summed E-state index contributed by atoms with van der Waals surface area (Å²) in [4.78, 5) is 20.2. The number of sulfone groups is 1. The Hall–Kier alpha value is -3.23. The van der Waals surface area contributed by atoms with Crippen molar-refractivity contribution in [1.29, 1.82) is 0 Å². The van der Waals surface area contributed by atoms with Gasteiger partial charge in [0.05, 0.1) is 33.5 Å². The van der Waals surface area contributed by atoms with Crippen molar-refractivity contribution in [3.8, 4) is 5.75 Å². The van der Waals surface area contributed by atoms with Crippen LogP contribution in [-0.4, -0.2) is 31.2 Å². The lowest BCUT2D eigenvalue weighted by Gasteiger charge is -2.20. The zero-order valence-electron chi connectivity index (χ0n) is 19.3. The van der Waals surface area contributed by atoms with E-state index in [0.717, 1.165) is 21.5 Å². The lowest BCUT2D eigenvalue weighted by atomic mass is 10.1. The van der Waals surface area contributed by atoms with Crippen molar-refractivity contribution >= 4 is 42.4 Å². The van der Waals surface area contributed by atoms with E-state index < -0.39 is 15.1 Å². The lowest BCUT2D eigenvalue weighted by Crippen LogP contribution is -2.30. The van der Waals surface area contributed by atoms with Crippen molar-refractivity contribution in [1.82, 2.24) is 4.98 Å². The summed E-state index contributed by atoms with van der Waals surface area (Å²) in [6.07, 6.45) is 0. The van der Waals surface area contributed by atoms with E-state index in [0.29, 0.717) is 23.8 Å². The number of carbonyl (C=O) groups is 1. The molecule has 0 aliphatic heterocycles. The van der Waals surface area contributed by atoms with Gasteiger partial charge >= 0.3 is 0 Å². The Labute approximate surface area is 203 Å². The molecule has 1 heterocycles. The van der Waals surface area contributed by atoms with Gasteiger partial charge in [-0.2, -0.15) is 0 Å². The molecular formula is C26H26N2O4S2. The molecule has 0 aliphatic rings. The van der Waals surface area contributed by atoms with Crippen LogP contribution < -0.4 is 9.64 Å². The predicted octanol–water partition coefficient (Wildman–Crippen LogP) is 5.72. The van der Waals surface area contributed by atoms with Crippen molar-refractivity contribution in [2.75, 3.05) is 11.5 Å². The second kappa shape index (κ2) is 9.95. The summed E-state index contributed by atoms with van der Waals surface area (Å²) in [6.45, 7) is 6.05. The van der Waals surface area contributed by atoms with Crippen LogP contribution in [0.15, 0.2) is 77.7 Å². The van der Waals surface area contributed by atoms with Gasteiger partial charge in [-0.25, -0.2) is 13.4 Å². The van der Waals surface area contributed by atoms with Crippen LogP contribution in [0.3, 0.4) is 0 Å². The summed E-state index contributed by atoms with van der Waals surface area (Å²) >= 11 is 1.40. The second-order valence-electron chi connectivity index (χ2n) is 8.06. The number of amides is 1. The molecule has 0 saturated carbocycles. The summed E-state index contributed by atoms with van der Waals surface area (Å²) in [5, 5.41) is -0.0447. The van der Waals surface area contributed by atoms with Gasteiger partial charge in [0.15, 0.2) is 15.0 Å². The maximum absolute atomic E-state index is 13.7. The Morgan fingerprint density at radius 3 is 2.50 bits per heavy atom. The fraction of sp³-hybridized carbons (Fsp3) is 0.231. The highest BCUT2D eigenvalue weighted by Crippen LogP contribution is 2.33. The number of benzene rings is 3. The Kier molecular flexibility index (Phi) is 7.00. The van der Waals surface area contributed by atoms with Gasteiger partial charge in [-0.15, -0.1) is 0 Å². The van der Waals surface area contributed by atoms with Gasteiger partial charge in [-0.3, -0.25) is 9.69 Å². The molecule has 0 aliphatic carbocycles. The molecule has 3 aromatic carbocycles. The highest BCUT2D eigenvalue weighted by atomic mass is 32.2. The maximum atomic E-state index is 13.7. The Morgan fingerprint density at radius 1 is 1.03 bits per heavy atom. The maximum Gasteiger partial charge on any atom is 0.260 e. The lowest BCUT2D eigenvalue weighted by molar-refractivity contribution is 0.0985. The summed E-state index contributed by atoms with van der Waals surface area (Å²) < 4.78 is 31.9. The normalized spacial score (nSPS) is 11.6. The summed E-state index contributed by atoms with van der Waals surface area (Å²) in [7, 11) is -3.51. The van der Waals surface area contributed by atoms with E-state index in [1.165, 1.54) is 23.5 Å². The fourth-order valence-corrected chi connectivity index (χ4v) is 5.59. The van der Waals surface area contributed by atoms with Crippen LogP contribution >= 0.6 is 11.3 Å². The van der Waals surface area contributed by atoms with Crippen molar-refractivity contribution < 1.29 is 17.9 Å². The number of hydrogen-bond acceptors (Lipinski definition) is 6. The standard InChI is InChI=1S/C26H26N2O4S2/c1-4-32-21-13-14-23-24(16-21)33-26(27-23)28(17-19-9-6-5-7-10-19)25(29)20-11-8-12-22(15-20)34(30,31)18(2)3/h5-16,18H,4,17H2,1-3H3. The zero-order valence-corrected chi connectivity index (χ0v) is 20.9. The van der Waals surface area contributed by atoms with Gasteiger partial charge in [-0.1, -0.05) is 47.7 Å². The van der Waals surface area contributed by atoms with E-state index in [-0.39, 0.29) is 10.8 Å². The predicted molar refractivity (Wildman–Crippen MR) is 137 cm³/mol. The summed E-state index contributed by atoms with van der Waals surface area (Å²) in [5.41, 5.74) is 2.01. The van der Waals surface area contributed by atoms with Gasteiger partial charge in [0.2, 0.25) is 0 Å². The van der Waals surface area contributed by atoms with Crippen LogP contribution in [-0.2, 0) is 16.4 Å². The van der Waals surface area contributed by atoms with Crippen LogP contribution in [0.1, 0.15) is 36.7 Å². The molecule has 0 bridgehead atoms. The molecule has 1 aromatic heterocycles. The molecule has 4 rings (SSSR count). The first-order chi connectivity index (χ1) is 16.3. The number of rotatable bonds is 8. The first kappa shape index (κ1) is 23.9. The van der Waals surface area contributed by atoms with Crippen LogP contribution in [0.25, 0.3) is 10.2 Å². The molecule has 0 atom stereocenters. The molecule has 0 saturated heterocycles. The van der Waals surface area contributed by atoms with Crippen molar-refractivity contribution in [3.63, 3.8) is 0 Å². The number of anilines is 1. The van der Waals surface area contributed by atoms with Crippen LogP contribution in [0.2, 0.25) is 0 Å². The SMILES string of the molecule is CCOc1ccc2nc(N(Cc3ccccc3)C(=O)c3cccc(S(=O)(=O)C(C)C)c3)sc2c1. The van der Waals surface area contributed by atoms with E-state index in [1.807, 2.05) is 55.5 Å². The third-order valence-electron chi connectivity index (χ3n) is 5.35. The summed E-state index contributed by atoms with van der Waals surface area (Å²) in [6, 6.07) is 21.5. The van der Waals surface area contributed by atoms with E-state index in [4.69, 9.17) is 9.72 Å². The zero-order chi connectivity index (χ0) is 24.3. The highest BCUT2D eigenvalue weighted by molar-refractivity contribution is 7.92. The summed E-state index contributed by atoms with van der Waals surface area (Å²) in [5.74, 6) is 0.437. The minimum absolute atomic E-state index is 0.138. The number of thiazole rings is 1. The number of hydrogen-bond donors (Lipinski definition) is 0. The van der Waals surface area contributed by atoms with Crippen LogP contribution in [0, 0.1) is 0 Å². The molecule has 0 N–H and O–H groups in total. The van der Waals surface area contributed by atoms with E-state index in [1.54, 1.807) is 30.9 Å². The molecule has 1 amide bonds. The van der Waals surface area contributed by atoms with Crippen LogP contribution in [0.4, 0.5) is 5.13 Å². The van der Waals surface area contributed by atoms with Gasteiger partial charge in [0.25, 0.3) is 5.91 Å². The minimum Gasteiger partial charge on any atom is -0.494 e. The Bertz CT molecular complexity index is 1410. The van der Waals surface area contributed by atoms with Gasteiger partial charge < -0.3 is 4.74 Å². The Morgan fingerprint density at radius 2 is 1.79 bits per heavy atom. The minimum atomic E-state index is -3.51. The number of carbonyl (C=O) groups excluding carboxylic acids is 1. The van der Waals surface area contributed by atoms with Crippen molar-refractivity contribution in [2.24, 2.45) is 0 Å². The average molecular weight is 495 g/mol. The second-order valence-corrected chi connectivity index (χ2v) is 11.6. The topological polar surface area (TPSA) is 76.6 Å². The molecule has 0 unspecified atom stereocenters. The number of ether oxygens (including phenoxy) is 1. The fourth-order valence-electron chi connectivity index (χ4n) is 3.49. The molecule has 0 fully saturated rings. The van der Waals surface area contributed by atoms with E-state index >= 15 is 0 Å². The van der Waals surface area contributed by atoms with Crippen molar-refractivity contribution in [2.45, 2.75) is 37.5 Å². The third-order valence-corrected chi connectivity index (χ3v) is 8.54. The average Bonchev–Trinajstić information content (AvgIpc) is 3.26.